The van der Waals surface area contributed by atoms with Crippen molar-refractivity contribution in [3.8, 4) is 0 Å². The zero-order valence-electron chi connectivity index (χ0n) is 9.00. The molecule has 1 aromatic rings. The summed E-state index contributed by atoms with van der Waals surface area (Å²) in [5.41, 5.74) is 1.18. The number of benzene rings is 1. The Kier molecular flexibility index (Phi) is 3.85. The molecular formula is C12H15NO2S. The van der Waals surface area contributed by atoms with Gasteiger partial charge in [0, 0.05) is 24.1 Å². The van der Waals surface area contributed by atoms with Gasteiger partial charge in [-0.1, -0.05) is 30.3 Å². The van der Waals surface area contributed by atoms with E-state index in [-0.39, 0.29) is 6.54 Å². The lowest BCUT2D eigenvalue weighted by Crippen LogP contribution is -2.46. The van der Waals surface area contributed by atoms with Gasteiger partial charge in [0.05, 0.1) is 6.54 Å². The second kappa shape index (κ2) is 5.37. The van der Waals surface area contributed by atoms with Crippen LogP contribution in [0, 0.1) is 0 Å². The third-order valence-corrected chi connectivity index (χ3v) is 3.94. The quantitative estimate of drug-likeness (QED) is 0.846. The Morgan fingerprint density at radius 3 is 2.56 bits per heavy atom. The van der Waals surface area contributed by atoms with Gasteiger partial charge < -0.3 is 5.11 Å². The Bertz CT molecular complexity index is 351. The molecule has 4 heteroatoms. The molecule has 1 aromatic carbocycles. The monoisotopic (exact) mass is 237 g/mol. The SMILES string of the molecule is O=C(O)CN(Cc1ccccc1)C1CSC1. The number of carbonyl (C=O) groups is 1. The molecule has 0 spiro atoms. The summed E-state index contributed by atoms with van der Waals surface area (Å²) in [7, 11) is 0. The summed E-state index contributed by atoms with van der Waals surface area (Å²) in [6.07, 6.45) is 0. The van der Waals surface area contributed by atoms with Gasteiger partial charge in [-0.3, -0.25) is 9.69 Å². The molecule has 1 aliphatic heterocycles. The van der Waals surface area contributed by atoms with Gasteiger partial charge in [-0.15, -0.1) is 0 Å². The fourth-order valence-electron chi connectivity index (χ4n) is 1.74. The number of rotatable bonds is 5. The van der Waals surface area contributed by atoms with E-state index in [1.807, 2.05) is 47.0 Å². The highest BCUT2D eigenvalue weighted by atomic mass is 32.2. The van der Waals surface area contributed by atoms with Crippen LogP contribution in [0.15, 0.2) is 30.3 Å². The molecule has 86 valence electrons. The minimum Gasteiger partial charge on any atom is -0.480 e. The molecule has 16 heavy (non-hydrogen) atoms. The van der Waals surface area contributed by atoms with E-state index in [2.05, 4.69) is 0 Å². The van der Waals surface area contributed by atoms with Crippen molar-refractivity contribution in [2.75, 3.05) is 18.1 Å². The molecule has 1 N–H and O–H groups in total. The van der Waals surface area contributed by atoms with Crippen LogP contribution in [-0.2, 0) is 11.3 Å². The van der Waals surface area contributed by atoms with Crippen molar-refractivity contribution in [2.45, 2.75) is 12.6 Å². The van der Waals surface area contributed by atoms with Gasteiger partial charge >= 0.3 is 5.97 Å². The Labute approximate surface area is 99.5 Å². The molecule has 0 bridgehead atoms. The minimum absolute atomic E-state index is 0.139. The minimum atomic E-state index is -0.743. The van der Waals surface area contributed by atoms with Crippen molar-refractivity contribution in [2.24, 2.45) is 0 Å². The number of carboxylic acids is 1. The lowest BCUT2D eigenvalue weighted by Gasteiger charge is -2.36. The molecule has 3 nitrogen and oxygen atoms in total. The highest BCUT2D eigenvalue weighted by molar-refractivity contribution is 8.00. The average Bonchev–Trinajstić information content (AvgIpc) is 2.15. The summed E-state index contributed by atoms with van der Waals surface area (Å²) >= 11 is 1.88. The largest absolute Gasteiger partial charge is 0.480 e. The smallest absolute Gasteiger partial charge is 0.317 e. The van der Waals surface area contributed by atoms with E-state index in [1.54, 1.807) is 0 Å². The molecule has 1 aliphatic rings. The highest BCUT2D eigenvalue weighted by Crippen LogP contribution is 2.24. The number of nitrogens with zero attached hydrogens (tertiary/aromatic N) is 1. The fourth-order valence-corrected chi connectivity index (χ4v) is 2.61. The van der Waals surface area contributed by atoms with Gasteiger partial charge in [0.25, 0.3) is 0 Å². The first-order valence-corrected chi connectivity index (χ1v) is 6.48. The van der Waals surface area contributed by atoms with Gasteiger partial charge in [0.2, 0.25) is 0 Å². The molecule has 0 aromatic heterocycles. The fraction of sp³-hybridized carbons (Fsp3) is 0.417. The first-order chi connectivity index (χ1) is 7.75. The maximum atomic E-state index is 10.8. The van der Waals surface area contributed by atoms with Crippen molar-refractivity contribution >= 4 is 17.7 Å². The molecule has 0 radical (unpaired) electrons. The number of hydrogen-bond donors (Lipinski definition) is 1. The van der Waals surface area contributed by atoms with E-state index in [4.69, 9.17) is 5.11 Å². The van der Waals surface area contributed by atoms with Crippen molar-refractivity contribution in [3.63, 3.8) is 0 Å². The molecule has 0 atom stereocenters. The van der Waals surface area contributed by atoms with Crippen molar-refractivity contribution in [3.05, 3.63) is 35.9 Å². The van der Waals surface area contributed by atoms with Crippen LogP contribution in [0.3, 0.4) is 0 Å². The normalized spacial score (nSPS) is 16.1. The second-order valence-electron chi connectivity index (χ2n) is 3.98. The number of carboxylic acid groups (broad SMARTS) is 1. The molecule has 0 unspecified atom stereocenters. The summed E-state index contributed by atoms with van der Waals surface area (Å²) < 4.78 is 0. The summed E-state index contributed by atoms with van der Waals surface area (Å²) in [4.78, 5) is 12.8. The first kappa shape index (κ1) is 11.5. The predicted molar refractivity (Wildman–Crippen MR) is 65.6 cm³/mol. The van der Waals surface area contributed by atoms with Crippen LogP contribution in [0.2, 0.25) is 0 Å². The maximum absolute atomic E-state index is 10.8. The summed E-state index contributed by atoms with van der Waals surface area (Å²) in [6, 6.07) is 10.5. The van der Waals surface area contributed by atoms with Gasteiger partial charge in [0.15, 0.2) is 0 Å². The lowest BCUT2D eigenvalue weighted by molar-refractivity contribution is -0.138. The molecule has 1 saturated heterocycles. The molecule has 1 fully saturated rings. The lowest BCUT2D eigenvalue weighted by atomic mass is 10.2. The van der Waals surface area contributed by atoms with Gasteiger partial charge in [-0.05, 0) is 5.56 Å². The summed E-state index contributed by atoms with van der Waals surface area (Å²) in [5, 5.41) is 8.88. The van der Waals surface area contributed by atoms with E-state index < -0.39 is 5.97 Å². The Hall–Kier alpha value is -1.00. The summed E-state index contributed by atoms with van der Waals surface area (Å²) in [5.74, 6) is 1.37. The van der Waals surface area contributed by atoms with E-state index in [0.29, 0.717) is 6.04 Å². The van der Waals surface area contributed by atoms with Gasteiger partial charge in [0.1, 0.15) is 0 Å². The third kappa shape index (κ3) is 3.00. The van der Waals surface area contributed by atoms with Crippen molar-refractivity contribution < 1.29 is 9.90 Å². The topological polar surface area (TPSA) is 40.5 Å². The van der Waals surface area contributed by atoms with Gasteiger partial charge in [-0.2, -0.15) is 11.8 Å². The number of thioether (sulfide) groups is 1. The van der Waals surface area contributed by atoms with E-state index in [1.165, 1.54) is 5.56 Å². The van der Waals surface area contributed by atoms with E-state index in [9.17, 15) is 4.79 Å². The summed E-state index contributed by atoms with van der Waals surface area (Å²) in [6.45, 7) is 0.873. The van der Waals surface area contributed by atoms with Crippen molar-refractivity contribution in [1.29, 1.82) is 0 Å². The van der Waals surface area contributed by atoms with Crippen LogP contribution in [0.25, 0.3) is 0 Å². The van der Waals surface area contributed by atoms with Crippen LogP contribution in [-0.4, -0.2) is 40.1 Å². The molecule has 1 heterocycles. The first-order valence-electron chi connectivity index (χ1n) is 5.33. The predicted octanol–water partition coefficient (Wildman–Crippen LogP) is 1.69. The zero-order valence-corrected chi connectivity index (χ0v) is 9.82. The van der Waals surface area contributed by atoms with Crippen LogP contribution in [0.5, 0.6) is 0 Å². The Balaban J connectivity index is 1.98. The average molecular weight is 237 g/mol. The van der Waals surface area contributed by atoms with E-state index in [0.717, 1.165) is 18.1 Å². The molecule has 0 saturated carbocycles. The van der Waals surface area contributed by atoms with Crippen molar-refractivity contribution in [1.82, 2.24) is 4.90 Å². The van der Waals surface area contributed by atoms with Crippen LogP contribution >= 0.6 is 11.8 Å². The highest BCUT2D eigenvalue weighted by Gasteiger charge is 2.26. The molecule has 0 amide bonds. The third-order valence-electron chi connectivity index (χ3n) is 2.70. The second-order valence-corrected chi connectivity index (χ2v) is 5.05. The van der Waals surface area contributed by atoms with Crippen LogP contribution in [0.4, 0.5) is 0 Å². The Morgan fingerprint density at radius 2 is 2.06 bits per heavy atom. The van der Waals surface area contributed by atoms with Crippen LogP contribution in [0.1, 0.15) is 5.56 Å². The zero-order chi connectivity index (χ0) is 11.4. The standard InChI is InChI=1S/C12H15NO2S/c14-12(15)7-13(11-8-16-9-11)6-10-4-2-1-3-5-10/h1-5,11H,6-9H2,(H,14,15). The van der Waals surface area contributed by atoms with E-state index >= 15 is 0 Å². The van der Waals surface area contributed by atoms with Gasteiger partial charge in [-0.25, -0.2) is 0 Å². The maximum Gasteiger partial charge on any atom is 0.317 e. The van der Waals surface area contributed by atoms with Crippen LogP contribution < -0.4 is 0 Å². The molecule has 0 aliphatic carbocycles. The molecular weight excluding hydrogens is 222 g/mol. The molecule has 2 rings (SSSR count). The Morgan fingerprint density at radius 1 is 1.38 bits per heavy atom. The number of aliphatic carboxylic acids is 1. The number of hydrogen-bond acceptors (Lipinski definition) is 3.